The van der Waals surface area contributed by atoms with Crippen molar-refractivity contribution in [2.75, 3.05) is 11.1 Å². The lowest BCUT2D eigenvalue weighted by Gasteiger charge is -2.08. The highest BCUT2D eigenvalue weighted by molar-refractivity contribution is 9.10. The van der Waals surface area contributed by atoms with Crippen molar-refractivity contribution in [3.05, 3.63) is 57.8 Å². The number of carbonyl (C=O) groups excluding carboxylic acids is 1. The minimum absolute atomic E-state index is 0.0262. The maximum atomic E-state index is 13.3. The summed E-state index contributed by atoms with van der Waals surface area (Å²) in [5, 5.41) is 11.5. The van der Waals surface area contributed by atoms with Gasteiger partial charge in [0.25, 0.3) is 5.91 Å². The van der Waals surface area contributed by atoms with Crippen molar-refractivity contribution in [3.63, 3.8) is 0 Å². The van der Waals surface area contributed by atoms with Crippen LogP contribution in [0.3, 0.4) is 0 Å². The number of halogens is 2. The minimum Gasteiger partial charge on any atom is -0.396 e. The fourth-order valence-corrected chi connectivity index (χ4v) is 1.94. The third-order valence-electron chi connectivity index (χ3n) is 2.61. The van der Waals surface area contributed by atoms with Crippen molar-refractivity contribution in [1.82, 2.24) is 0 Å². The molecule has 0 fully saturated rings. The zero-order valence-corrected chi connectivity index (χ0v) is 11.7. The van der Waals surface area contributed by atoms with Gasteiger partial charge in [0.05, 0.1) is 16.9 Å². The van der Waals surface area contributed by atoms with Gasteiger partial charge in [-0.15, -0.1) is 0 Å². The van der Waals surface area contributed by atoms with Crippen LogP contribution in [0.15, 0.2) is 40.9 Å². The Bertz CT molecular complexity index is 725. The average molecular weight is 334 g/mol. The topological polar surface area (TPSA) is 78.9 Å². The summed E-state index contributed by atoms with van der Waals surface area (Å²) in [4.78, 5) is 12.0. The number of nitrogens with one attached hydrogen (secondary N) is 1. The molecule has 2 rings (SSSR count). The number of amides is 1. The molecule has 3 N–H and O–H groups in total. The van der Waals surface area contributed by atoms with Gasteiger partial charge >= 0.3 is 0 Å². The third-order valence-corrected chi connectivity index (χ3v) is 3.11. The molecule has 0 aliphatic carbocycles. The van der Waals surface area contributed by atoms with E-state index >= 15 is 0 Å². The molecule has 100 valence electrons. The fraction of sp³-hybridized carbons (Fsp3) is 0. The van der Waals surface area contributed by atoms with Gasteiger partial charge in [-0.3, -0.25) is 4.79 Å². The first-order chi connectivity index (χ1) is 9.51. The molecular formula is C14H9BrFN3O. The first-order valence-electron chi connectivity index (χ1n) is 5.57. The Kier molecular flexibility index (Phi) is 4.01. The molecule has 0 saturated carbocycles. The number of nitriles is 1. The third kappa shape index (κ3) is 2.95. The average Bonchev–Trinajstić information content (AvgIpc) is 2.42. The van der Waals surface area contributed by atoms with Crippen molar-refractivity contribution in [1.29, 1.82) is 5.26 Å². The monoisotopic (exact) mass is 333 g/mol. The molecule has 0 bridgehead atoms. The molecule has 2 aromatic rings. The van der Waals surface area contributed by atoms with Gasteiger partial charge in [0.15, 0.2) is 0 Å². The number of anilines is 2. The summed E-state index contributed by atoms with van der Waals surface area (Å²) in [5.74, 6) is -1.18. The number of nitrogens with two attached hydrogens (primary N) is 1. The second-order valence-corrected chi connectivity index (χ2v) is 4.91. The van der Waals surface area contributed by atoms with Gasteiger partial charge in [-0.05, 0) is 36.4 Å². The quantitative estimate of drug-likeness (QED) is 0.827. The molecule has 1 amide bonds. The summed E-state index contributed by atoms with van der Waals surface area (Å²) in [6.07, 6.45) is 0. The van der Waals surface area contributed by atoms with Gasteiger partial charge < -0.3 is 11.1 Å². The molecule has 0 aromatic heterocycles. The zero-order valence-electron chi connectivity index (χ0n) is 10.2. The molecule has 0 heterocycles. The van der Waals surface area contributed by atoms with Crippen molar-refractivity contribution < 1.29 is 9.18 Å². The summed E-state index contributed by atoms with van der Waals surface area (Å²) in [6.45, 7) is 0. The second-order valence-electron chi connectivity index (χ2n) is 3.99. The van der Waals surface area contributed by atoms with Gasteiger partial charge in [-0.25, -0.2) is 4.39 Å². The molecule has 20 heavy (non-hydrogen) atoms. The van der Waals surface area contributed by atoms with Crippen molar-refractivity contribution in [3.8, 4) is 6.07 Å². The highest BCUT2D eigenvalue weighted by atomic mass is 79.9. The van der Waals surface area contributed by atoms with Gasteiger partial charge in [-0.1, -0.05) is 15.9 Å². The fourth-order valence-electron chi connectivity index (χ4n) is 1.58. The Hall–Kier alpha value is -2.39. The number of hydrogen-bond acceptors (Lipinski definition) is 3. The van der Waals surface area contributed by atoms with Crippen molar-refractivity contribution in [2.24, 2.45) is 0 Å². The van der Waals surface area contributed by atoms with E-state index in [1.807, 2.05) is 6.07 Å². The number of nitrogen functional groups attached to an aromatic ring is 1. The predicted molar refractivity (Wildman–Crippen MR) is 77.6 cm³/mol. The molecule has 0 atom stereocenters. The Morgan fingerprint density at radius 1 is 1.30 bits per heavy atom. The normalized spacial score (nSPS) is 9.85. The van der Waals surface area contributed by atoms with Crippen LogP contribution in [-0.4, -0.2) is 5.91 Å². The van der Waals surface area contributed by atoms with E-state index in [1.54, 1.807) is 18.2 Å². The lowest BCUT2D eigenvalue weighted by molar-refractivity contribution is 0.102. The number of carbonyl (C=O) groups is 1. The zero-order chi connectivity index (χ0) is 14.7. The smallest absolute Gasteiger partial charge is 0.255 e. The molecule has 0 spiro atoms. The van der Waals surface area contributed by atoms with Crippen LogP contribution in [0.5, 0.6) is 0 Å². The van der Waals surface area contributed by atoms with Crippen LogP contribution in [-0.2, 0) is 0 Å². The van der Waals surface area contributed by atoms with Gasteiger partial charge in [0.1, 0.15) is 11.9 Å². The molecule has 0 saturated heterocycles. The van der Waals surface area contributed by atoms with Crippen LogP contribution in [0.2, 0.25) is 0 Å². The van der Waals surface area contributed by atoms with Crippen LogP contribution in [0.4, 0.5) is 15.8 Å². The predicted octanol–water partition coefficient (Wildman–Crippen LogP) is 3.29. The van der Waals surface area contributed by atoms with Gasteiger partial charge in [0, 0.05) is 10.0 Å². The molecule has 0 radical (unpaired) electrons. The Labute approximate surface area is 123 Å². The Morgan fingerprint density at radius 3 is 2.70 bits per heavy atom. The molecule has 0 aliphatic heterocycles. The molecule has 0 unspecified atom stereocenters. The Balaban J connectivity index is 2.30. The van der Waals surface area contributed by atoms with Crippen LogP contribution >= 0.6 is 15.9 Å². The van der Waals surface area contributed by atoms with Crippen LogP contribution in [0.25, 0.3) is 0 Å². The highest BCUT2D eigenvalue weighted by Gasteiger charge is 2.11. The summed E-state index contributed by atoms with van der Waals surface area (Å²) in [6, 6.07) is 10.6. The maximum absolute atomic E-state index is 13.3. The van der Waals surface area contributed by atoms with E-state index < -0.39 is 11.7 Å². The van der Waals surface area contributed by atoms with E-state index in [1.165, 1.54) is 12.1 Å². The number of benzene rings is 2. The van der Waals surface area contributed by atoms with Crippen LogP contribution in [0, 0.1) is 17.1 Å². The summed E-state index contributed by atoms with van der Waals surface area (Å²) in [5.41, 5.74) is 6.12. The summed E-state index contributed by atoms with van der Waals surface area (Å²) in [7, 11) is 0. The van der Waals surface area contributed by atoms with Gasteiger partial charge in [0.2, 0.25) is 0 Å². The first-order valence-corrected chi connectivity index (χ1v) is 6.36. The summed E-state index contributed by atoms with van der Waals surface area (Å²) < 4.78 is 14.0. The largest absolute Gasteiger partial charge is 0.396 e. The summed E-state index contributed by atoms with van der Waals surface area (Å²) >= 11 is 3.26. The van der Waals surface area contributed by atoms with Crippen molar-refractivity contribution >= 4 is 33.2 Å². The minimum atomic E-state index is -0.660. The molecule has 6 heteroatoms. The molecular weight excluding hydrogens is 325 g/mol. The number of hydrogen-bond donors (Lipinski definition) is 2. The number of nitrogens with zero attached hydrogens (tertiary/aromatic N) is 1. The maximum Gasteiger partial charge on any atom is 0.255 e. The molecule has 0 aliphatic rings. The highest BCUT2D eigenvalue weighted by Crippen LogP contribution is 2.22. The van der Waals surface area contributed by atoms with E-state index in [-0.39, 0.29) is 11.3 Å². The number of rotatable bonds is 2. The molecule has 4 nitrogen and oxygen atoms in total. The van der Waals surface area contributed by atoms with E-state index in [2.05, 4.69) is 21.2 Å². The lowest BCUT2D eigenvalue weighted by atomic mass is 10.1. The van der Waals surface area contributed by atoms with Gasteiger partial charge in [-0.2, -0.15) is 5.26 Å². The first kappa shape index (κ1) is 14.0. The second kappa shape index (κ2) is 5.72. The lowest BCUT2D eigenvalue weighted by Crippen LogP contribution is -2.13. The van der Waals surface area contributed by atoms with E-state index in [4.69, 9.17) is 11.0 Å². The Morgan fingerprint density at radius 2 is 2.05 bits per heavy atom. The van der Waals surface area contributed by atoms with E-state index in [0.29, 0.717) is 11.3 Å². The molecule has 2 aromatic carbocycles. The van der Waals surface area contributed by atoms with Crippen LogP contribution < -0.4 is 11.1 Å². The van der Waals surface area contributed by atoms with Crippen molar-refractivity contribution in [2.45, 2.75) is 0 Å². The van der Waals surface area contributed by atoms with E-state index in [9.17, 15) is 9.18 Å². The van der Waals surface area contributed by atoms with E-state index in [0.717, 1.165) is 10.5 Å². The van der Waals surface area contributed by atoms with Crippen LogP contribution in [0.1, 0.15) is 15.9 Å². The SMILES string of the molecule is N#Cc1ccc(Br)cc1NC(=O)c1ccc(N)c(F)c1. The standard InChI is InChI=1S/C14H9BrFN3O/c15-10-3-1-9(7-17)13(6-10)19-14(20)8-2-4-12(18)11(16)5-8/h1-6H,18H2,(H,19,20).